The minimum absolute atomic E-state index is 0.0252. The number of likely N-dealkylation sites (N-methyl/N-ethyl adjacent to an activating group) is 1. The summed E-state index contributed by atoms with van der Waals surface area (Å²) in [6.07, 6.45) is -4.35. The van der Waals surface area contributed by atoms with Crippen LogP contribution in [0.4, 0.5) is 24.5 Å². The predicted octanol–water partition coefficient (Wildman–Crippen LogP) is 3.95. The molecule has 0 radical (unpaired) electrons. The first-order chi connectivity index (χ1) is 13.2. The number of benzene rings is 2. The summed E-state index contributed by atoms with van der Waals surface area (Å²) in [7, 11) is 2.11. The molecule has 7 heteroatoms. The molecule has 0 bridgehead atoms. The molecule has 0 aromatic heterocycles. The van der Waals surface area contributed by atoms with Crippen LogP contribution in [-0.2, 0) is 17.4 Å². The van der Waals surface area contributed by atoms with Gasteiger partial charge < -0.3 is 15.1 Å². The molecule has 3 rings (SSSR count). The molecule has 2 aromatic rings. The molecule has 28 heavy (non-hydrogen) atoms. The Morgan fingerprint density at radius 3 is 2.25 bits per heavy atom. The molecular weight excluding hydrogens is 367 g/mol. The lowest BCUT2D eigenvalue weighted by molar-refractivity contribution is -0.137. The van der Waals surface area contributed by atoms with E-state index in [0.717, 1.165) is 49.6 Å². The van der Waals surface area contributed by atoms with Crippen molar-refractivity contribution >= 4 is 17.3 Å². The Kier molecular flexibility index (Phi) is 5.93. The van der Waals surface area contributed by atoms with Crippen molar-refractivity contribution in [2.45, 2.75) is 19.5 Å². The Balaban J connectivity index is 1.60. The summed E-state index contributed by atoms with van der Waals surface area (Å²) < 4.78 is 37.8. The van der Waals surface area contributed by atoms with Gasteiger partial charge in [-0.15, -0.1) is 0 Å². The summed E-state index contributed by atoms with van der Waals surface area (Å²) in [4.78, 5) is 16.9. The van der Waals surface area contributed by atoms with E-state index in [-0.39, 0.29) is 12.3 Å². The SMILES string of the molecule is Cc1cc(NC(=O)Cc2ccc(C(F)(F)F)cc2)ccc1N1CCN(C)CC1. The number of rotatable bonds is 4. The van der Waals surface area contributed by atoms with Gasteiger partial charge in [0, 0.05) is 37.6 Å². The minimum Gasteiger partial charge on any atom is -0.369 e. The second-order valence-corrected chi connectivity index (χ2v) is 7.21. The summed E-state index contributed by atoms with van der Waals surface area (Å²) >= 11 is 0. The quantitative estimate of drug-likeness (QED) is 0.857. The first kappa shape index (κ1) is 20.2. The van der Waals surface area contributed by atoms with E-state index in [1.807, 2.05) is 25.1 Å². The molecule has 0 saturated carbocycles. The van der Waals surface area contributed by atoms with E-state index in [0.29, 0.717) is 11.3 Å². The first-order valence-electron chi connectivity index (χ1n) is 9.22. The van der Waals surface area contributed by atoms with Gasteiger partial charge in [-0.2, -0.15) is 13.2 Å². The normalized spacial score (nSPS) is 15.5. The average Bonchev–Trinajstić information content (AvgIpc) is 2.62. The second-order valence-electron chi connectivity index (χ2n) is 7.21. The number of amides is 1. The fourth-order valence-electron chi connectivity index (χ4n) is 3.34. The number of nitrogens with one attached hydrogen (secondary N) is 1. The van der Waals surface area contributed by atoms with Crippen LogP contribution in [0, 0.1) is 6.92 Å². The number of piperazine rings is 1. The standard InChI is InChI=1S/C21H24F3N3O/c1-15-13-18(7-8-19(15)27-11-9-26(2)10-12-27)25-20(28)14-16-3-5-17(6-4-16)21(22,23)24/h3-8,13H,9-12,14H2,1-2H3,(H,25,28). The molecule has 0 spiro atoms. The average molecular weight is 391 g/mol. The monoisotopic (exact) mass is 391 g/mol. The fraction of sp³-hybridized carbons (Fsp3) is 0.381. The van der Waals surface area contributed by atoms with Gasteiger partial charge in [0.25, 0.3) is 0 Å². The van der Waals surface area contributed by atoms with Crippen LogP contribution in [0.2, 0.25) is 0 Å². The number of carbonyl (C=O) groups excluding carboxylic acids is 1. The Morgan fingerprint density at radius 1 is 1.04 bits per heavy atom. The number of aryl methyl sites for hydroxylation is 1. The highest BCUT2D eigenvalue weighted by Crippen LogP contribution is 2.29. The number of halogens is 3. The fourth-order valence-corrected chi connectivity index (χ4v) is 3.34. The maximum atomic E-state index is 12.6. The van der Waals surface area contributed by atoms with Crippen molar-refractivity contribution in [3.05, 3.63) is 59.2 Å². The van der Waals surface area contributed by atoms with E-state index >= 15 is 0 Å². The van der Waals surface area contributed by atoms with E-state index in [4.69, 9.17) is 0 Å². The first-order valence-corrected chi connectivity index (χ1v) is 9.22. The Labute approximate surface area is 162 Å². The summed E-state index contributed by atoms with van der Waals surface area (Å²) in [6, 6.07) is 10.5. The molecule has 0 atom stereocenters. The molecule has 1 fully saturated rings. The zero-order valence-corrected chi connectivity index (χ0v) is 16.0. The highest BCUT2D eigenvalue weighted by atomic mass is 19.4. The second kappa shape index (κ2) is 8.22. The predicted molar refractivity (Wildman–Crippen MR) is 105 cm³/mol. The zero-order chi connectivity index (χ0) is 20.3. The topological polar surface area (TPSA) is 35.6 Å². The molecule has 2 aromatic carbocycles. The van der Waals surface area contributed by atoms with Crippen LogP contribution in [0.5, 0.6) is 0 Å². The van der Waals surface area contributed by atoms with Crippen LogP contribution < -0.4 is 10.2 Å². The van der Waals surface area contributed by atoms with Crippen molar-refractivity contribution in [1.29, 1.82) is 0 Å². The van der Waals surface area contributed by atoms with Gasteiger partial charge in [-0.3, -0.25) is 4.79 Å². The molecule has 1 aliphatic heterocycles. The third kappa shape index (κ3) is 5.04. The van der Waals surface area contributed by atoms with Crippen LogP contribution in [0.1, 0.15) is 16.7 Å². The van der Waals surface area contributed by atoms with Gasteiger partial charge in [-0.1, -0.05) is 12.1 Å². The third-order valence-electron chi connectivity index (χ3n) is 4.97. The molecule has 1 N–H and O–H groups in total. The maximum Gasteiger partial charge on any atom is 0.416 e. The maximum absolute atomic E-state index is 12.6. The van der Waals surface area contributed by atoms with Gasteiger partial charge >= 0.3 is 6.18 Å². The molecular formula is C21H24F3N3O. The van der Waals surface area contributed by atoms with E-state index in [1.165, 1.54) is 12.1 Å². The highest BCUT2D eigenvalue weighted by Gasteiger charge is 2.30. The Morgan fingerprint density at radius 2 is 1.68 bits per heavy atom. The van der Waals surface area contributed by atoms with Crippen molar-refractivity contribution in [3.63, 3.8) is 0 Å². The van der Waals surface area contributed by atoms with Crippen LogP contribution in [-0.4, -0.2) is 44.0 Å². The summed E-state index contributed by atoms with van der Waals surface area (Å²) in [6.45, 7) is 5.99. The number of nitrogens with zero attached hydrogens (tertiary/aromatic N) is 2. The number of carbonyl (C=O) groups is 1. The molecule has 4 nitrogen and oxygen atoms in total. The van der Waals surface area contributed by atoms with Crippen molar-refractivity contribution in [2.24, 2.45) is 0 Å². The van der Waals surface area contributed by atoms with E-state index in [9.17, 15) is 18.0 Å². The number of hydrogen-bond donors (Lipinski definition) is 1. The summed E-state index contributed by atoms with van der Waals surface area (Å²) in [5.41, 5.74) is 2.75. The number of alkyl halides is 3. The molecule has 150 valence electrons. The smallest absolute Gasteiger partial charge is 0.369 e. The molecule has 0 aliphatic carbocycles. The summed E-state index contributed by atoms with van der Waals surface area (Å²) in [5, 5.41) is 2.83. The summed E-state index contributed by atoms with van der Waals surface area (Å²) in [5.74, 6) is -0.258. The van der Waals surface area contributed by atoms with Crippen LogP contribution >= 0.6 is 0 Å². The Hall–Kier alpha value is -2.54. The molecule has 1 saturated heterocycles. The van der Waals surface area contributed by atoms with Crippen molar-refractivity contribution in [2.75, 3.05) is 43.4 Å². The van der Waals surface area contributed by atoms with E-state index in [1.54, 1.807) is 0 Å². The van der Waals surface area contributed by atoms with Gasteiger partial charge in [-0.25, -0.2) is 0 Å². The van der Waals surface area contributed by atoms with Gasteiger partial charge in [0.15, 0.2) is 0 Å². The van der Waals surface area contributed by atoms with Crippen LogP contribution in [0.15, 0.2) is 42.5 Å². The molecule has 1 heterocycles. The zero-order valence-electron chi connectivity index (χ0n) is 16.0. The number of hydrogen-bond acceptors (Lipinski definition) is 3. The van der Waals surface area contributed by atoms with E-state index < -0.39 is 11.7 Å². The molecule has 1 amide bonds. The van der Waals surface area contributed by atoms with E-state index in [2.05, 4.69) is 22.2 Å². The lowest BCUT2D eigenvalue weighted by atomic mass is 10.1. The lowest BCUT2D eigenvalue weighted by Gasteiger charge is -2.35. The molecule has 0 unspecified atom stereocenters. The largest absolute Gasteiger partial charge is 0.416 e. The van der Waals surface area contributed by atoms with Gasteiger partial charge in [0.2, 0.25) is 5.91 Å². The lowest BCUT2D eigenvalue weighted by Crippen LogP contribution is -2.44. The van der Waals surface area contributed by atoms with Gasteiger partial charge in [0.05, 0.1) is 12.0 Å². The van der Waals surface area contributed by atoms with Gasteiger partial charge in [-0.05, 0) is 55.4 Å². The van der Waals surface area contributed by atoms with Crippen molar-refractivity contribution in [1.82, 2.24) is 4.90 Å². The van der Waals surface area contributed by atoms with Crippen molar-refractivity contribution < 1.29 is 18.0 Å². The van der Waals surface area contributed by atoms with Gasteiger partial charge in [0.1, 0.15) is 0 Å². The molecule has 1 aliphatic rings. The number of anilines is 2. The third-order valence-corrected chi connectivity index (χ3v) is 4.97. The van der Waals surface area contributed by atoms with Crippen LogP contribution in [0.3, 0.4) is 0 Å². The van der Waals surface area contributed by atoms with Crippen molar-refractivity contribution in [3.8, 4) is 0 Å². The highest BCUT2D eigenvalue weighted by molar-refractivity contribution is 5.92. The Bertz CT molecular complexity index is 826. The minimum atomic E-state index is -4.37. The van der Waals surface area contributed by atoms with Crippen LogP contribution in [0.25, 0.3) is 0 Å².